The molecule has 0 aliphatic heterocycles. The van der Waals surface area contributed by atoms with Crippen LogP contribution in [0.5, 0.6) is 0 Å². The van der Waals surface area contributed by atoms with Crippen molar-refractivity contribution in [2.75, 3.05) is 0 Å². The van der Waals surface area contributed by atoms with E-state index in [1.54, 1.807) is 6.07 Å². The van der Waals surface area contributed by atoms with E-state index in [0.717, 1.165) is 33.7 Å². The number of benzene rings is 1. The van der Waals surface area contributed by atoms with Crippen LogP contribution < -0.4 is 0 Å². The van der Waals surface area contributed by atoms with Crippen LogP contribution in [-0.2, 0) is 0 Å². The molecule has 1 saturated carbocycles. The zero-order valence-electron chi connectivity index (χ0n) is 10.7. The van der Waals surface area contributed by atoms with E-state index in [1.807, 2.05) is 16.8 Å². The molecule has 5 nitrogen and oxygen atoms in total. The van der Waals surface area contributed by atoms with Crippen molar-refractivity contribution < 1.29 is 4.79 Å². The summed E-state index contributed by atoms with van der Waals surface area (Å²) < 4.78 is 2.79. The van der Waals surface area contributed by atoms with Crippen molar-refractivity contribution in [1.82, 2.24) is 20.2 Å². The zero-order valence-corrected chi connectivity index (χ0v) is 13.1. The van der Waals surface area contributed by atoms with E-state index in [4.69, 9.17) is 0 Å². The monoisotopic (exact) mass is 352 g/mol. The molecule has 2 aromatic rings. The molecule has 0 saturated heterocycles. The standard InChI is InChI=1S/C13H13BrN4OS/c14-10-5-6-12(9(7-10)8-19)20-13-15-16-17-18(13)11-3-1-2-4-11/h5-8,11H,1-4H2. The third-order valence-corrected chi connectivity index (χ3v) is 4.97. The van der Waals surface area contributed by atoms with Crippen LogP contribution >= 0.6 is 27.7 Å². The average molecular weight is 353 g/mol. The van der Waals surface area contributed by atoms with Crippen molar-refractivity contribution in [3.63, 3.8) is 0 Å². The van der Waals surface area contributed by atoms with Crippen LogP contribution in [0.25, 0.3) is 0 Å². The minimum atomic E-state index is 0.391. The van der Waals surface area contributed by atoms with E-state index in [9.17, 15) is 4.79 Å². The van der Waals surface area contributed by atoms with Gasteiger partial charge in [-0.3, -0.25) is 4.79 Å². The van der Waals surface area contributed by atoms with E-state index >= 15 is 0 Å². The molecule has 0 unspecified atom stereocenters. The number of halogens is 1. The van der Waals surface area contributed by atoms with Crippen LogP contribution in [0.2, 0.25) is 0 Å². The first kappa shape index (κ1) is 13.8. The SMILES string of the molecule is O=Cc1cc(Br)ccc1Sc1nnnn1C1CCCC1. The molecule has 1 heterocycles. The number of carbonyl (C=O) groups is 1. The summed E-state index contributed by atoms with van der Waals surface area (Å²) in [4.78, 5) is 12.0. The van der Waals surface area contributed by atoms with Crippen molar-refractivity contribution in [2.45, 2.75) is 41.8 Å². The van der Waals surface area contributed by atoms with Gasteiger partial charge in [-0.15, -0.1) is 5.10 Å². The largest absolute Gasteiger partial charge is 0.298 e. The van der Waals surface area contributed by atoms with E-state index in [1.165, 1.54) is 24.6 Å². The lowest BCUT2D eigenvalue weighted by Gasteiger charge is -2.11. The van der Waals surface area contributed by atoms with Crippen LogP contribution in [0.15, 0.2) is 32.7 Å². The first-order valence-corrected chi connectivity index (χ1v) is 8.09. The number of tetrazole rings is 1. The summed E-state index contributed by atoms with van der Waals surface area (Å²) in [6.45, 7) is 0. The topological polar surface area (TPSA) is 60.7 Å². The van der Waals surface area contributed by atoms with Gasteiger partial charge in [0.05, 0.1) is 6.04 Å². The van der Waals surface area contributed by atoms with E-state index in [-0.39, 0.29) is 0 Å². The predicted octanol–water partition coefficient (Wildman–Crippen LogP) is 3.51. The normalized spacial score (nSPS) is 15.7. The number of rotatable bonds is 4. The molecule has 1 aliphatic carbocycles. The van der Waals surface area contributed by atoms with Gasteiger partial charge in [0, 0.05) is 14.9 Å². The smallest absolute Gasteiger partial charge is 0.214 e. The van der Waals surface area contributed by atoms with E-state index in [2.05, 4.69) is 31.5 Å². The van der Waals surface area contributed by atoms with E-state index < -0.39 is 0 Å². The van der Waals surface area contributed by atoms with Gasteiger partial charge in [-0.1, -0.05) is 28.8 Å². The average Bonchev–Trinajstić information content (AvgIpc) is 3.11. The second kappa shape index (κ2) is 6.05. The van der Waals surface area contributed by atoms with Crippen LogP contribution in [0.3, 0.4) is 0 Å². The van der Waals surface area contributed by atoms with Crippen molar-refractivity contribution >= 4 is 34.0 Å². The van der Waals surface area contributed by atoms with Crippen LogP contribution in [-0.4, -0.2) is 26.5 Å². The maximum Gasteiger partial charge on any atom is 0.214 e. The Hall–Kier alpha value is -1.21. The maximum absolute atomic E-state index is 11.2. The lowest BCUT2D eigenvalue weighted by atomic mass is 10.2. The lowest BCUT2D eigenvalue weighted by Crippen LogP contribution is -2.08. The molecule has 0 bridgehead atoms. The number of nitrogens with zero attached hydrogens (tertiary/aromatic N) is 4. The second-order valence-corrected chi connectivity index (χ2v) is 6.67. The summed E-state index contributed by atoms with van der Waals surface area (Å²) in [5.74, 6) is 0. The molecule has 20 heavy (non-hydrogen) atoms. The summed E-state index contributed by atoms with van der Waals surface area (Å²) in [5.41, 5.74) is 0.644. The highest BCUT2D eigenvalue weighted by atomic mass is 79.9. The Balaban J connectivity index is 1.88. The van der Waals surface area contributed by atoms with Gasteiger partial charge in [-0.2, -0.15) is 0 Å². The minimum absolute atomic E-state index is 0.391. The molecule has 0 N–H and O–H groups in total. The lowest BCUT2D eigenvalue weighted by molar-refractivity contribution is 0.112. The van der Waals surface area contributed by atoms with Gasteiger partial charge in [-0.05, 0) is 53.2 Å². The van der Waals surface area contributed by atoms with Gasteiger partial charge in [0.25, 0.3) is 0 Å². The Morgan fingerprint density at radius 3 is 2.90 bits per heavy atom. The fraction of sp³-hybridized carbons (Fsp3) is 0.385. The Bertz CT molecular complexity index is 625. The second-order valence-electron chi connectivity index (χ2n) is 4.75. The summed E-state index contributed by atoms with van der Waals surface area (Å²) in [6.07, 6.45) is 5.56. The molecular formula is C13H13BrN4OS. The van der Waals surface area contributed by atoms with Crippen molar-refractivity contribution in [1.29, 1.82) is 0 Å². The Labute approximate surface area is 129 Å². The Morgan fingerprint density at radius 1 is 1.35 bits per heavy atom. The fourth-order valence-electron chi connectivity index (χ4n) is 2.43. The number of hydrogen-bond donors (Lipinski definition) is 0. The summed E-state index contributed by atoms with van der Waals surface area (Å²) in [5, 5.41) is 12.7. The number of aldehydes is 1. The fourth-order valence-corrected chi connectivity index (χ4v) is 3.73. The van der Waals surface area contributed by atoms with Gasteiger partial charge in [0.2, 0.25) is 5.16 Å². The number of aromatic nitrogens is 4. The molecule has 7 heteroatoms. The van der Waals surface area contributed by atoms with Crippen LogP contribution in [0.1, 0.15) is 42.1 Å². The molecule has 0 atom stereocenters. The van der Waals surface area contributed by atoms with Crippen molar-refractivity contribution in [2.24, 2.45) is 0 Å². The summed E-state index contributed by atoms with van der Waals surface area (Å²) in [6, 6.07) is 6.02. The Morgan fingerprint density at radius 2 is 2.15 bits per heavy atom. The molecule has 1 aliphatic rings. The third kappa shape index (κ3) is 2.78. The highest BCUT2D eigenvalue weighted by Crippen LogP contribution is 2.35. The minimum Gasteiger partial charge on any atom is -0.298 e. The van der Waals surface area contributed by atoms with Gasteiger partial charge in [0.15, 0.2) is 6.29 Å². The molecule has 0 spiro atoms. The van der Waals surface area contributed by atoms with Gasteiger partial charge in [-0.25, -0.2) is 4.68 Å². The quantitative estimate of drug-likeness (QED) is 0.787. The van der Waals surface area contributed by atoms with Gasteiger partial charge < -0.3 is 0 Å². The van der Waals surface area contributed by atoms with Gasteiger partial charge in [0.1, 0.15) is 0 Å². The van der Waals surface area contributed by atoms with Crippen molar-refractivity contribution in [3.05, 3.63) is 28.2 Å². The molecule has 1 fully saturated rings. The highest BCUT2D eigenvalue weighted by molar-refractivity contribution is 9.10. The first-order chi connectivity index (χ1) is 9.78. The summed E-state index contributed by atoms with van der Waals surface area (Å²) in [7, 11) is 0. The Kier molecular flexibility index (Phi) is 4.16. The molecule has 3 rings (SSSR count). The first-order valence-electron chi connectivity index (χ1n) is 6.48. The third-order valence-electron chi connectivity index (χ3n) is 3.43. The molecule has 1 aromatic carbocycles. The summed E-state index contributed by atoms with van der Waals surface area (Å²) >= 11 is 4.81. The maximum atomic E-state index is 11.2. The molecule has 0 amide bonds. The molecular weight excluding hydrogens is 340 g/mol. The number of hydrogen-bond acceptors (Lipinski definition) is 5. The van der Waals surface area contributed by atoms with Crippen LogP contribution in [0.4, 0.5) is 0 Å². The highest BCUT2D eigenvalue weighted by Gasteiger charge is 2.22. The van der Waals surface area contributed by atoms with Crippen molar-refractivity contribution in [3.8, 4) is 0 Å². The molecule has 104 valence electrons. The van der Waals surface area contributed by atoms with E-state index in [0.29, 0.717) is 11.6 Å². The molecule has 1 aromatic heterocycles. The van der Waals surface area contributed by atoms with Crippen LogP contribution in [0, 0.1) is 0 Å². The number of carbonyl (C=O) groups excluding carboxylic acids is 1. The van der Waals surface area contributed by atoms with Gasteiger partial charge >= 0.3 is 0 Å². The predicted molar refractivity (Wildman–Crippen MR) is 79.0 cm³/mol. The molecule has 0 radical (unpaired) electrons. The zero-order chi connectivity index (χ0) is 13.9.